The number of nitrogens with one attached hydrogen (secondary N) is 1. The second-order valence-corrected chi connectivity index (χ2v) is 4.39. The zero-order valence-electron chi connectivity index (χ0n) is 11.0. The summed E-state index contributed by atoms with van der Waals surface area (Å²) in [4.78, 5) is 18.4. The van der Waals surface area contributed by atoms with Crippen molar-refractivity contribution in [3.05, 3.63) is 45.2 Å². The summed E-state index contributed by atoms with van der Waals surface area (Å²) in [5, 5.41) is 10.8. The van der Waals surface area contributed by atoms with Crippen molar-refractivity contribution in [2.75, 3.05) is 5.43 Å². The van der Waals surface area contributed by atoms with E-state index in [1.54, 1.807) is 0 Å². The molecule has 0 saturated heterocycles. The number of aromatic nitrogens is 2. The Morgan fingerprint density at radius 2 is 2.19 bits per heavy atom. The van der Waals surface area contributed by atoms with Crippen molar-refractivity contribution in [2.45, 2.75) is 13.3 Å². The van der Waals surface area contributed by atoms with Gasteiger partial charge >= 0.3 is 0 Å². The predicted octanol–water partition coefficient (Wildman–Crippen LogP) is 2.68. The van der Waals surface area contributed by atoms with Crippen LogP contribution in [0.1, 0.15) is 12.7 Å². The lowest BCUT2D eigenvalue weighted by Gasteiger charge is -2.09. The van der Waals surface area contributed by atoms with E-state index in [2.05, 4.69) is 15.4 Å². The Bertz CT molecular complexity index is 658. The van der Waals surface area contributed by atoms with Crippen molar-refractivity contribution in [3.63, 3.8) is 0 Å². The number of hydrogen-bond acceptors (Lipinski definition) is 7. The summed E-state index contributed by atoms with van der Waals surface area (Å²) in [6, 6.07) is 5.41. The number of rotatable bonds is 5. The monoisotopic (exact) mass is 309 g/mol. The number of non-ortho nitro benzene ring substituents is 1. The van der Waals surface area contributed by atoms with Gasteiger partial charge in [0, 0.05) is 24.6 Å². The molecule has 110 valence electrons. The quantitative estimate of drug-likeness (QED) is 0.495. The van der Waals surface area contributed by atoms with Crippen LogP contribution in [-0.4, -0.2) is 14.9 Å². The van der Waals surface area contributed by atoms with Gasteiger partial charge in [0.1, 0.15) is 17.4 Å². The standard InChI is InChI=1S/C12H12ClN5O3/c1-2-10-15-11(17-14)6-12(16-10)21-9-4-3-7(18(19)20)5-8(9)13/h3-6H,2,14H2,1H3,(H,15,16,17). The fraction of sp³-hybridized carbons (Fsp3) is 0.167. The summed E-state index contributed by atoms with van der Waals surface area (Å²) in [5.41, 5.74) is 2.30. The van der Waals surface area contributed by atoms with Gasteiger partial charge in [0.2, 0.25) is 5.88 Å². The van der Waals surface area contributed by atoms with Gasteiger partial charge in [0.05, 0.1) is 9.95 Å². The topological polar surface area (TPSA) is 116 Å². The lowest BCUT2D eigenvalue weighted by atomic mass is 10.3. The Morgan fingerprint density at radius 1 is 1.43 bits per heavy atom. The van der Waals surface area contributed by atoms with E-state index in [4.69, 9.17) is 22.2 Å². The van der Waals surface area contributed by atoms with Gasteiger partial charge in [-0.15, -0.1) is 0 Å². The number of ether oxygens (including phenoxy) is 1. The summed E-state index contributed by atoms with van der Waals surface area (Å²) in [7, 11) is 0. The number of nitro benzene ring substituents is 1. The Morgan fingerprint density at radius 3 is 2.76 bits per heavy atom. The molecule has 0 saturated carbocycles. The fourth-order valence-corrected chi connectivity index (χ4v) is 1.77. The van der Waals surface area contributed by atoms with Crippen LogP contribution in [0.4, 0.5) is 11.5 Å². The number of halogens is 1. The fourth-order valence-electron chi connectivity index (χ4n) is 1.56. The number of benzene rings is 1. The number of hydrogen-bond donors (Lipinski definition) is 2. The first kappa shape index (κ1) is 14.9. The maximum Gasteiger partial charge on any atom is 0.271 e. The highest BCUT2D eigenvalue weighted by Gasteiger charge is 2.12. The normalized spacial score (nSPS) is 10.2. The van der Waals surface area contributed by atoms with Crippen molar-refractivity contribution in [3.8, 4) is 11.6 Å². The van der Waals surface area contributed by atoms with E-state index in [1.807, 2.05) is 6.92 Å². The third kappa shape index (κ3) is 3.56. The van der Waals surface area contributed by atoms with Crippen LogP contribution in [-0.2, 0) is 6.42 Å². The zero-order valence-corrected chi connectivity index (χ0v) is 11.8. The molecule has 0 spiro atoms. The molecule has 0 aliphatic rings. The number of nitrogen functional groups attached to an aromatic ring is 1. The van der Waals surface area contributed by atoms with E-state index >= 15 is 0 Å². The Kier molecular flexibility index (Phi) is 4.51. The maximum atomic E-state index is 10.7. The molecule has 2 rings (SSSR count). The Labute approximate surface area is 125 Å². The van der Waals surface area contributed by atoms with Crippen LogP contribution in [0.25, 0.3) is 0 Å². The van der Waals surface area contributed by atoms with Crippen LogP contribution in [0, 0.1) is 10.1 Å². The van der Waals surface area contributed by atoms with Crippen LogP contribution in [0.5, 0.6) is 11.6 Å². The highest BCUT2D eigenvalue weighted by molar-refractivity contribution is 6.32. The molecule has 0 radical (unpaired) electrons. The molecule has 0 amide bonds. The summed E-state index contributed by atoms with van der Waals surface area (Å²) in [6.07, 6.45) is 0.597. The first-order chi connectivity index (χ1) is 10.0. The Balaban J connectivity index is 2.31. The summed E-state index contributed by atoms with van der Waals surface area (Å²) < 4.78 is 5.53. The number of hydrazine groups is 1. The first-order valence-electron chi connectivity index (χ1n) is 6.00. The van der Waals surface area contributed by atoms with Gasteiger partial charge in [-0.3, -0.25) is 10.1 Å². The smallest absolute Gasteiger partial charge is 0.271 e. The molecule has 8 nitrogen and oxygen atoms in total. The van der Waals surface area contributed by atoms with E-state index < -0.39 is 4.92 Å². The van der Waals surface area contributed by atoms with Crippen LogP contribution in [0.2, 0.25) is 5.02 Å². The second-order valence-electron chi connectivity index (χ2n) is 3.98. The van der Waals surface area contributed by atoms with Gasteiger partial charge in [-0.25, -0.2) is 10.8 Å². The minimum absolute atomic E-state index is 0.114. The van der Waals surface area contributed by atoms with E-state index in [9.17, 15) is 10.1 Å². The second kappa shape index (κ2) is 6.33. The van der Waals surface area contributed by atoms with Crippen molar-refractivity contribution in [1.82, 2.24) is 9.97 Å². The average molecular weight is 310 g/mol. The van der Waals surface area contributed by atoms with E-state index in [0.717, 1.165) is 0 Å². The van der Waals surface area contributed by atoms with E-state index in [0.29, 0.717) is 18.1 Å². The number of nitrogens with two attached hydrogens (primary N) is 1. The SMILES string of the molecule is CCc1nc(NN)cc(Oc2ccc([N+](=O)[O-])cc2Cl)n1. The lowest BCUT2D eigenvalue weighted by Crippen LogP contribution is -2.10. The molecule has 0 atom stereocenters. The largest absolute Gasteiger partial charge is 0.437 e. The number of aryl methyl sites for hydroxylation is 1. The molecule has 0 aliphatic heterocycles. The van der Waals surface area contributed by atoms with Crippen molar-refractivity contribution >= 4 is 23.1 Å². The molecule has 1 aromatic heterocycles. The van der Waals surface area contributed by atoms with Crippen molar-refractivity contribution < 1.29 is 9.66 Å². The molecular formula is C12H12ClN5O3. The van der Waals surface area contributed by atoms with Gasteiger partial charge in [-0.1, -0.05) is 18.5 Å². The molecule has 3 N–H and O–H groups in total. The molecule has 0 unspecified atom stereocenters. The lowest BCUT2D eigenvalue weighted by molar-refractivity contribution is -0.384. The maximum absolute atomic E-state index is 10.7. The minimum Gasteiger partial charge on any atom is -0.437 e. The van der Waals surface area contributed by atoms with Crippen LogP contribution in [0.15, 0.2) is 24.3 Å². The average Bonchev–Trinajstić information content (AvgIpc) is 2.48. The minimum atomic E-state index is -0.536. The van der Waals surface area contributed by atoms with Gasteiger partial charge in [-0.05, 0) is 6.07 Å². The van der Waals surface area contributed by atoms with Crippen molar-refractivity contribution in [1.29, 1.82) is 0 Å². The number of nitrogens with zero attached hydrogens (tertiary/aromatic N) is 3. The van der Waals surface area contributed by atoms with Crippen LogP contribution >= 0.6 is 11.6 Å². The molecule has 0 fully saturated rings. The van der Waals surface area contributed by atoms with E-state index in [-0.39, 0.29) is 22.3 Å². The molecule has 9 heteroatoms. The van der Waals surface area contributed by atoms with Crippen molar-refractivity contribution in [2.24, 2.45) is 5.84 Å². The number of nitro groups is 1. The molecule has 1 aromatic carbocycles. The summed E-state index contributed by atoms with van der Waals surface area (Å²) in [6.45, 7) is 1.89. The molecular weight excluding hydrogens is 298 g/mol. The van der Waals surface area contributed by atoms with Gasteiger partial charge in [0.15, 0.2) is 0 Å². The van der Waals surface area contributed by atoms with E-state index in [1.165, 1.54) is 24.3 Å². The van der Waals surface area contributed by atoms with Crippen LogP contribution in [0.3, 0.4) is 0 Å². The zero-order chi connectivity index (χ0) is 15.4. The summed E-state index contributed by atoms with van der Waals surface area (Å²) in [5.74, 6) is 6.76. The van der Waals surface area contributed by atoms with Gasteiger partial charge in [0.25, 0.3) is 5.69 Å². The van der Waals surface area contributed by atoms with Gasteiger partial charge < -0.3 is 10.2 Å². The highest BCUT2D eigenvalue weighted by atomic mass is 35.5. The van der Waals surface area contributed by atoms with Crippen LogP contribution < -0.4 is 16.0 Å². The Hall–Kier alpha value is -2.45. The number of anilines is 1. The molecule has 2 aromatic rings. The third-order valence-electron chi connectivity index (χ3n) is 2.55. The summed E-state index contributed by atoms with van der Waals surface area (Å²) >= 11 is 5.96. The highest BCUT2D eigenvalue weighted by Crippen LogP contribution is 2.32. The molecule has 1 heterocycles. The predicted molar refractivity (Wildman–Crippen MR) is 77.4 cm³/mol. The van der Waals surface area contributed by atoms with Gasteiger partial charge in [-0.2, -0.15) is 4.98 Å². The first-order valence-corrected chi connectivity index (χ1v) is 6.37. The third-order valence-corrected chi connectivity index (χ3v) is 2.85. The molecule has 21 heavy (non-hydrogen) atoms. The molecule has 0 bridgehead atoms. The molecule has 0 aliphatic carbocycles.